The topological polar surface area (TPSA) is 63.7 Å². The molecule has 0 aliphatic heterocycles. The van der Waals surface area contributed by atoms with Crippen LogP contribution in [-0.4, -0.2) is 32.8 Å². The Hall–Kier alpha value is -1.96. The number of carbonyl (C=O) groups is 1. The molecule has 8 heteroatoms. The normalized spacial score (nSPS) is 12.9. The van der Waals surface area contributed by atoms with E-state index in [0.717, 1.165) is 4.31 Å². The number of esters is 1. The molecule has 0 amide bonds. The Balaban J connectivity index is 2.28. The number of hydrogen-bond donors (Lipinski definition) is 0. The van der Waals surface area contributed by atoms with Crippen LogP contribution in [0.25, 0.3) is 0 Å². The molecule has 0 saturated carbocycles. The first-order valence-electron chi connectivity index (χ1n) is 7.31. The highest BCUT2D eigenvalue weighted by molar-refractivity contribution is 7.89. The molecule has 0 spiro atoms. The second-order valence-electron chi connectivity index (χ2n) is 5.53. The van der Waals surface area contributed by atoms with Gasteiger partial charge in [0.1, 0.15) is 11.9 Å². The summed E-state index contributed by atoms with van der Waals surface area (Å²) in [6.45, 7) is 1.62. The Bertz CT molecular complexity index is 882. The summed E-state index contributed by atoms with van der Waals surface area (Å²) >= 11 is 6.01. The van der Waals surface area contributed by atoms with Crippen molar-refractivity contribution >= 4 is 27.6 Å². The summed E-state index contributed by atoms with van der Waals surface area (Å²) in [6.07, 6.45) is -0.654. The molecule has 0 aliphatic carbocycles. The van der Waals surface area contributed by atoms with Gasteiger partial charge in [-0.25, -0.2) is 21.9 Å². The van der Waals surface area contributed by atoms with Gasteiger partial charge < -0.3 is 4.74 Å². The number of sulfonamides is 1. The summed E-state index contributed by atoms with van der Waals surface area (Å²) in [5, 5.41) is 0.0778. The summed E-state index contributed by atoms with van der Waals surface area (Å²) in [6, 6.07) is 9.35. The van der Waals surface area contributed by atoms with Crippen LogP contribution in [0.15, 0.2) is 47.4 Å². The van der Waals surface area contributed by atoms with E-state index in [1.807, 2.05) is 0 Å². The van der Waals surface area contributed by atoms with Crippen molar-refractivity contribution in [2.45, 2.75) is 17.9 Å². The molecular weight excluding hydrogens is 369 g/mol. The standard InChI is InChI=1S/C17H17ClFNO4S/c1-11(12-4-6-13(19)7-5-12)24-17(21)15-10-14(8-9-16(15)18)25(22,23)20(2)3/h4-11H,1-3H3. The monoisotopic (exact) mass is 385 g/mol. The fraction of sp³-hybridized carbons (Fsp3) is 0.235. The lowest BCUT2D eigenvalue weighted by Crippen LogP contribution is -2.22. The van der Waals surface area contributed by atoms with Gasteiger partial charge in [0, 0.05) is 14.1 Å². The molecule has 2 aromatic carbocycles. The van der Waals surface area contributed by atoms with E-state index in [-0.39, 0.29) is 15.5 Å². The highest BCUT2D eigenvalue weighted by atomic mass is 35.5. The van der Waals surface area contributed by atoms with E-state index in [1.54, 1.807) is 6.92 Å². The van der Waals surface area contributed by atoms with Gasteiger partial charge in [-0.15, -0.1) is 0 Å². The third kappa shape index (κ3) is 4.36. The van der Waals surface area contributed by atoms with Crippen LogP contribution >= 0.6 is 11.6 Å². The van der Waals surface area contributed by atoms with Crippen molar-refractivity contribution in [2.24, 2.45) is 0 Å². The van der Waals surface area contributed by atoms with E-state index in [9.17, 15) is 17.6 Å². The van der Waals surface area contributed by atoms with Crippen molar-refractivity contribution in [2.75, 3.05) is 14.1 Å². The lowest BCUT2D eigenvalue weighted by atomic mass is 10.1. The third-order valence-corrected chi connectivity index (χ3v) is 5.70. The summed E-state index contributed by atoms with van der Waals surface area (Å²) in [7, 11) is -0.935. The van der Waals surface area contributed by atoms with Crippen LogP contribution in [0.2, 0.25) is 5.02 Å². The summed E-state index contributed by atoms with van der Waals surface area (Å²) < 4.78 is 43.7. The van der Waals surface area contributed by atoms with Crippen molar-refractivity contribution in [1.82, 2.24) is 4.31 Å². The van der Waals surface area contributed by atoms with Crippen LogP contribution in [0, 0.1) is 5.82 Å². The van der Waals surface area contributed by atoms with Gasteiger partial charge in [0.15, 0.2) is 0 Å². The van der Waals surface area contributed by atoms with Crippen molar-refractivity contribution < 1.29 is 22.3 Å². The van der Waals surface area contributed by atoms with Gasteiger partial charge in [-0.2, -0.15) is 0 Å². The zero-order valence-corrected chi connectivity index (χ0v) is 15.4. The summed E-state index contributed by atoms with van der Waals surface area (Å²) in [5.41, 5.74) is 0.543. The molecule has 0 heterocycles. The van der Waals surface area contributed by atoms with Gasteiger partial charge in [-0.3, -0.25) is 0 Å². The molecule has 1 atom stereocenters. The highest BCUT2D eigenvalue weighted by Gasteiger charge is 2.22. The van der Waals surface area contributed by atoms with E-state index in [4.69, 9.17) is 16.3 Å². The Morgan fingerprint density at radius 3 is 2.32 bits per heavy atom. The molecule has 1 unspecified atom stereocenters. The highest BCUT2D eigenvalue weighted by Crippen LogP contribution is 2.25. The number of nitrogens with zero attached hydrogens (tertiary/aromatic N) is 1. The molecular formula is C17H17ClFNO4S. The summed E-state index contributed by atoms with van der Waals surface area (Å²) in [4.78, 5) is 12.3. The molecule has 25 heavy (non-hydrogen) atoms. The molecule has 0 N–H and O–H groups in total. The maximum absolute atomic E-state index is 13.0. The number of rotatable bonds is 5. The van der Waals surface area contributed by atoms with Crippen LogP contribution in [-0.2, 0) is 14.8 Å². The van der Waals surface area contributed by atoms with Gasteiger partial charge >= 0.3 is 5.97 Å². The largest absolute Gasteiger partial charge is 0.454 e. The number of hydrogen-bond acceptors (Lipinski definition) is 4. The number of carbonyl (C=O) groups excluding carboxylic acids is 1. The predicted molar refractivity (Wildman–Crippen MR) is 92.6 cm³/mol. The predicted octanol–water partition coefficient (Wildman–Crippen LogP) is 3.65. The van der Waals surface area contributed by atoms with Crippen LogP contribution in [0.3, 0.4) is 0 Å². The minimum Gasteiger partial charge on any atom is -0.454 e. The van der Waals surface area contributed by atoms with Crippen molar-refractivity contribution in [1.29, 1.82) is 0 Å². The molecule has 0 bridgehead atoms. The minimum atomic E-state index is -3.71. The molecule has 0 fully saturated rings. The van der Waals surface area contributed by atoms with E-state index in [2.05, 4.69) is 0 Å². The fourth-order valence-corrected chi connectivity index (χ4v) is 3.18. The van der Waals surface area contributed by atoms with Gasteiger partial charge in [-0.05, 0) is 42.8 Å². The van der Waals surface area contributed by atoms with E-state index in [1.165, 1.54) is 56.6 Å². The first-order valence-corrected chi connectivity index (χ1v) is 9.13. The van der Waals surface area contributed by atoms with Gasteiger partial charge in [0.05, 0.1) is 15.5 Å². The smallest absolute Gasteiger partial charge is 0.340 e. The maximum atomic E-state index is 13.0. The zero-order valence-electron chi connectivity index (χ0n) is 13.9. The van der Waals surface area contributed by atoms with Gasteiger partial charge in [-0.1, -0.05) is 23.7 Å². The minimum absolute atomic E-state index is 0.0569. The number of benzene rings is 2. The molecule has 0 aromatic heterocycles. The molecule has 0 radical (unpaired) electrons. The van der Waals surface area contributed by atoms with Crippen LogP contribution in [0.1, 0.15) is 28.9 Å². The van der Waals surface area contributed by atoms with Crippen LogP contribution < -0.4 is 0 Å². The van der Waals surface area contributed by atoms with E-state index >= 15 is 0 Å². The van der Waals surface area contributed by atoms with Gasteiger partial charge in [0.2, 0.25) is 10.0 Å². The second kappa shape index (κ2) is 7.51. The molecule has 2 aromatic rings. The maximum Gasteiger partial charge on any atom is 0.340 e. The average Bonchev–Trinajstić information content (AvgIpc) is 2.55. The first-order chi connectivity index (χ1) is 11.6. The Morgan fingerprint density at radius 1 is 1.16 bits per heavy atom. The molecule has 134 valence electrons. The zero-order chi connectivity index (χ0) is 18.8. The number of halogens is 2. The summed E-state index contributed by atoms with van der Waals surface area (Å²) in [5.74, 6) is -1.16. The molecule has 0 aliphatic rings. The van der Waals surface area contributed by atoms with Gasteiger partial charge in [0.25, 0.3) is 0 Å². The Kier molecular flexibility index (Phi) is 5.82. The van der Waals surface area contributed by atoms with Crippen LogP contribution in [0.4, 0.5) is 4.39 Å². The molecule has 0 saturated heterocycles. The van der Waals surface area contributed by atoms with Crippen molar-refractivity contribution in [3.63, 3.8) is 0 Å². The fourth-order valence-electron chi connectivity index (χ4n) is 2.06. The lowest BCUT2D eigenvalue weighted by molar-refractivity contribution is 0.0337. The van der Waals surface area contributed by atoms with E-state index in [0.29, 0.717) is 5.56 Å². The number of ether oxygens (including phenoxy) is 1. The average molecular weight is 386 g/mol. The van der Waals surface area contributed by atoms with Crippen molar-refractivity contribution in [3.05, 3.63) is 64.4 Å². The Morgan fingerprint density at radius 2 is 1.76 bits per heavy atom. The quantitative estimate of drug-likeness (QED) is 0.737. The van der Waals surface area contributed by atoms with Crippen LogP contribution in [0.5, 0.6) is 0 Å². The molecule has 2 rings (SSSR count). The lowest BCUT2D eigenvalue weighted by Gasteiger charge is -2.16. The SMILES string of the molecule is CC(OC(=O)c1cc(S(=O)(=O)N(C)C)ccc1Cl)c1ccc(F)cc1. The van der Waals surface area contributed by atoms with Crippen molar-refractivity contribution in [3.8, 4) is 0 Å². The first kappa shape index (κ1) is 19.4. The molecule has 5 nitrogen and oxygen atoms in total. The van der Waals surface area contributed by atoms with E-state index < -0.39 is 27.9 Å². The third-order valence-electron chi connectivity index (χ3n) is 3.56. The second-order valence-corrected chi connectivity index (χ2v) is 8.09. The Labute approximate surface area is 151 Å².